The zero-order valence-corrected chi connectivity index (χ0v) is 9.29. The maximum absolute atomic E-state index is 11.7. The van der Waals surface area contributed by atoms with Crippen LogP contribution >= 0.6 is 0 Å². The number of hydrogen-bond donors (Lipinski definition) is 1. The van der Waals surface area contributed by atoms with Crippen LogP contribution in [0.2, 0.25) is 0 Å². The van der Waals surface area contributed by atoms with Gasteiger partial charge in [0, 0.05) is 11.8 Å². The highest BCUT2D eigenvalue weighted by Crippen LogP contribution is 2.24. The summed E-state index contributed by atoms with van der Waals surface area (Å²) in [5.41, 5.74) is 0.894. The summed E-state index contributed by atoms with van der Waals surface area (Å²) in [4.78, 5) is 20.9. The third-order valence-corrected chi connectivity index (χ3v) is 3.11. The predicted molar refractivity (Wildman–Crippen MR) is 59.1 cm³/mol. The molecule has 0 bridgehead atoms. The smallest absolute Gasteiger partial charge is 0.254 e. The fraction of sp³-hybridized carbons (Fsp3) is 0.636. The molecule has 1 N–H and O–H groups in total. The minimum Gasteiger partial charge on any atom is -0.311 e. The molecule has 1 fully saturated rings. The van der Waals surface area contributed by atoms with Crippen LogP contribution in [0.1, 0.15) is 30.1 Å². The quantitative estimate of drug-likeness (QED) is 0.744. The molecule has 1 aromatic heterocycles. The van der Waals surface area contributed by atoms with Crippen molar-refractivity contribution in [3.05, 3.63) is 27.9 Å². The number of hydrogen-bond acceptors (Lipinski definition) is 3. The highest BCUT2D eigenvalue weighted by atomic mass is 16.1. The van der Waals surface area contributed by atoms with Crippen LogP contribution in [-0.2, 0) is 0 Å². The maximum atomic E-state index is 11.7. The Morgan fingerprint density at radius 3 is 2.73 bits per heavy atom. The molecule has 0 spiro atoms. The SMILES string of the molecule is Cc1ncc(C2CCN(C)CC2)c(=O)[nH]1. The van der Waals surface area contributed by atoms with Crippen molar-refractivity contribution < 1.29 is 0 Å². The summed E-state index contributed by atoms with van der Waals surface area (Å²) >= 11 is 0. The van der Waals surface area contributed by atoms with Crippen molar-refractivity contribution in [1.29, 1.82) is 0 Å². The van der Waals surface area contributed by atoms with Crippen molar-refractivity contribution in [3.8, 4) is 0 Å². The van der Waals surface area contributed by atoms with E-state index in [1.165, 1.54) is 0 Å². The van der Waals surface area contributed by atoms with Gasteiger partial charge in [-0.2, -0.15) is 0 Å². The first-order valence-electron chi connectivity index (χ1n) is 5.41. The Kier molecular flexibility index (Phi) is 2.86. The number of nitrogens with one attached hydrogen (secondary N) is 1. The highest BCUT2D eigenvalue weighted by molar-refractivity contribution is 5.13. The normalized spacial score (nSPS) is 19.3. The molecule has 2 rings (SSSR count). The van der Waals surface area contributed by atoms with E-state index in [2.05, 4.69) is 21.9 Å². The summed E-state index contributed by atoms with van der Waals surface area (Å²) in [5, 5.41) is 0. The highest BCUT2D eigenvalue weighted by Gasteiger charge is 2.20. The number of aromatic nitrogens is 2. The Hall–Kier alpha value is -1.16. The van der Waals surface area contributed by atoms with E-state index in [-0.39, 0.29) is 5.56 Å². The van der Waals surface area contributed by atoms with Gasteiger partial charge >= 0.3 is 0 Å². The molecule has 0 aromatic carbocycles. The van der Waals surface area contributed by atoms with Crippen molar-refractivity contribution >= 4 is 0 Å². The van der Waals surface area contributed by atoms with Crippen LogP contribution in [0.4, 0.5) is 0 Å². The molecule has 15 heavy (non-hydrogen) atoms. The molecule has 0 amide bonds. The maximum Gasteiger partial charge on any atom is 0.254 e. The molecule has 4 nitrogen and oxygen atoms in total. The third-order valence-electron chi connectivity index (χ3n) is 3.11. The van der Waals surface area contributed by atoms with Crippen LogP contribution in [-0.4, -0.2) is 35.0 Å². The van der Waals surface area contributed by atoms with Gasteiger partial charge in [0.1, 0.15) is 5.82 Å². The number of H-pyrrole nitrogens is 1. The van der Waals surface area contributed by atoms with Crippen LogP contribution in [0, 0.1) is 6.92 Å². The van der Waals surface area contributed by atoms with Gasteiger partial charge in [-0.05, 0) is 45.8 Å². The molecule has 82 valence electrons. The number of aryl methyl sites for hydroxylation is 1. The molecule has 2 heterocycles. The topological polar surface area (TPSA) is 49.0 Å². The summed E-state index contributed by atoms with van der Waals surface area (Å²) in [6.45, 7) is 3.94. The monoisotopic (exact) mass is 207 g/mol. The number of nitrogens with zero attached hydrogens (tertiary/aromatic N) is 2. The fourth-order valence-corrected chi connectivity index (χ4v) is 2.10. The number of likely N-dealkylation sites (tertiary alicyclic amines) is 1. The average molecular weight is 207 g/mol. The van der Waals surface area contributed by atoms with Gasteiger partial charge < -0.3 is 9.88 Å². The molecule has 1 aliphatic rings. The second-order valence-electron chi connectivity index (χ2n) is 4.33. The molecule has 0 unspecified atom stereocenters. The minimum absolute atomic E-state index is 0.0389. The van der Waals surface area contributed by atoms with Gasteiger partial charge in [0.25, 0.3) is 5.56 Å². The Bertz CT molecular complexity index is 391. The van der Waals surface area contributed by atoms with Gasteiger partial charge in [-0.3, -0.25) is 4.79 Å². The molecule has 0 aliphatic carbocycles. The van der Waals surface area contributed by atoms with Crippen LogP contribution in [0.3, 0.4) is 0 Å². The fourth-order valence-electron chi connectivity index (χ4n) is 2.10. The van der Waals surface area contributed by atoms with Crippen molar-refractivity contribution in [2.45, 2.75) is 25.7 Å². The van der Waals surface area contributed by atoms with Crippen LogP contribution in [0.15, 0.2) is 11.0 Å². The first-order valence-corrected chi connectivity index (χ1v) is 5.41. The lowest BCUT2D eigenvalue weighted by molar-refractivity contribution is 0.254. The van der Waals surface area contributed by atoms with Gasteiger partial charge in [-0.15, -0.1) is 0 Å². The standard InChI is InChI=1S/C11H17N3O/c1-8-12-7-10(11(15)13-8)9-3-5-14(2)6-4-9/h7,9H,3-6H2,1-2H3,(H,12,13,15). The Morgan fingerprint density at radius 2 is 2.13 bits per heavy atom. The Morgan fingerprint density at radius 1 is 1.47 bits per heavy atom. The molecule has 1 aromatic rings. The van der Waals surface area contributed by atoms with E-state index >= 15 is 0 Å². The van der Waals surface area contributed by atoms with Crippen LogP contribution in [0.5, 0.6) is 0 Å². The van der Waals surface area contributed by atoms with E-state index in [0.717, 1.165) is 31.5 Å². The second-order valence-corrected chi connectivity index (χ2v) is 4.33. The number of aromatic amines is 1. The number of piperidine rings is 1. The minimum atomic E-state index is 0.0389. The summed E-state index contributed by atoms with van der Waals surface area (Å²) in [6.07, 6.45) is 3.86. The van der Waals surface area contributed by atoms with Crippen molar-refractivity contribution in [1.82, 2.24) is 14.9 Å². The van der Waals surface area contributed by atoms with Gasteiger partial charge in [0.05, 0.1) is 0 Å². The van der Waals surface area contributed by atoms with E-state index < -0.39 is 0 Å². The molecular formula is C11H17N3O. The Balaban J connectivity index is 2.19. The largest absolute Gasteiger partial charge is 0.311 e. The molecule has 4 heteroatoms. The number of rotatable bonds is 1. The lowest BCUT2D eigenvalue weighted by Crippen LogP contribution is -2.31. The molecule has 1 aliphatic heterocycles. The van der Waals surface area contributed by atoms with Gasteiger partial charge in [-0.1, -0.05) is 0 Å². The summed E-state index contributed by atoms with van der Waals surface area (Å²) in [5.74, 6) is 1.08. The lowest BCUT2D eigenvalue weighted by atomic mass is 9.91. The van der Waals surface area contributed by atoms with Crippen molar-refractivity contribution in [2.24, 2.45) is 0 Å². The summed E-state index contributed by atoms with van der Waals surface area (Å²) in [6, 6.07) is 0. The van der Waals surface area contributed by atoms with Gasteiger partial charge in [0.2, 0.25) is 0 Å². The molecule has 0 radical (unpaired) electrons. The molecule has 0 saturated carbocycles. The van der Waals surface area contributed by atoms with Crippen molar-refractivity contribution in [3.63, 3.8) is 0 Å². The summed E-state index contributed by atoms with van der Waals surface area (Å²) in [7, 11) is 2.12. The first-order chi connectivity index (χ1) is 7.16. The predicted octanol–water partition coefficient (Wildman–Crippen LogP) is 0.888. The zero-order chi connectivity index (χ0) is 10.8. The Labute approximate surface area is 89.3 Å². The third kappa shape index (κ3) is 2.26. The average Bonchev–Trinajstić information content (AvgIpc) is 2.20. The lowest BCUT2D eigenvalue weighted by Gasteiger charge is -2.28. The van der Waals surface area contributed by atoms with Crippen molar-refractivity contribution in [2.75, 3.05) is 20.1 Å². The van der Waals surface area contributed by atoms with Crippen LogP contribution in [0.25, 0.3) is 0 Å². The molecular weight excluding hydrogens is 190 g/mol. The molecule has 0 atom stereocenters. The van der Waals surface area contributed by atoms with E-state index in [0.29, 0.717) is 11.7 Å². The van der Waals surface area contributed by atoms with E-state index in [1.807, 2.05) is 0 Å². The molecule has 1 saturated heterocycles. The van der Waals surface area contributed by atoms with E-state index in [1.54, 1.807) is 13.1 Å². The van der Waals surface area contributed by atoms with E-state index in [9.17, 15) is 4.79 Å². The van der Waals surface area contributed by atoms with Gasteiger partial charge in [-0.25, -0.2) is 4.98 Å². The van der Waals surface area contributed by atoms with Crippen LogP contribution < -0.4 is 5.56 Å². The summed E-state index contributed by atoms with van der Waals surface area (Å²) < 4.78 is 0. The van der Waals surface area contributed by atoms with E-state index in [4.69, 9.17) is 0 Å². The van der Waals surface area contributed by atoms with Gasteiger partial charge in [0.15, 0.2) is 0 Å². The second kappa shape index (κ2) is 4.14. The zero-order valence-electron chi connectivity index (χ0n) is 9.29. The first kappa shape index (κ1) is 10.4.